The van der Waals surface area contributed by atoms with Crippen molar-refractivity contribution >= 4 is 29.6 Å². The summed E-state index contributed by atoms with van der Waals surface area (Å²) in [5, 5.41) is 10.4. The highest BCUT2D eigenvalue weighted by Gasteiger charge is 2.33. The minimum absolute atomic E-state index is 0.169. The Hall–Kier alpha value is -3.07. The predicted molar refractivity (Wildman–Crippen MR) is 134 cm³/mol. The standard InChI is InChI=1S/C25H32ClN5O4/c1-16-5-6-18(11-20(16)26)21-27-12-19(15-30-9-10-35-24(30)34)22(28-21)29-8-7-17(13-29)14-31(23(32)33)25(2,3)4/h5-6,11-12,17H,7-10,13-15H2,1-4H3,(H,32,33). The van der Waals surface area contributed by atoms with Gasteiger partial charge in [-0.2, -0.15) is 0 Å². The van der Waals surface area contributed by atoms with E-state index in [1.807, 2.05) is 45.9 Å². The molecule has 1 atom stereocenters. The van der Waals surface area contributed by atoms with Crippen molar-refractivity contribution in [3.05, 3.63) is 40.5 Å². The number of carboxylic acid groups (broad SMARTS) is 1. The Bertz CT molecular complexity index is 1120. The van der Waals surface area contributed by atoms with Crippen molar-refractivity contribution in [1.82, 2.24) is 19.8 Å². The molecule has 9 nitrogen and oxygen atoms in total. The van der Waals surface area contributed by atoms with E-state index >= 15 is 0 Å². The summed E-state index contributed by atoms with van der Waals surface area (Å²) in [4.78, 5) is 38.7. The molecule has 0 saturated carbocycles. The van der Waals surface area contributed by atoms with E-state index in [0.717, 1.165) is 35.5 Å². The van der Waals surface area contributed by atoms with Crippen LogP contribution in [0.15, 0.2) is 24.4 Å². The highest BCUT2D eigenvalue weighted by atomic mass is 35.5. The molecular formula is C25H32ClN5O4. The summed E-state index contributed by atoms with van der Waals surface area (Å²) in [5.41, 5.74) is 2.14. The summed E-state index contributed by atoms with van der Waals surface area (Å²) in [6.45, 7) is 10.8. The van der Waals surface area contributed by atoms with Gasteiger partial charge >= 0.3 is 12.2 Å². The Balaban J connectivity index is 1.62. The largest absolute Gasteiger partial charge is 0.465 e. The van der Waals surface area contributed by atoms with Gasteiger partial charge in [0, 0.05) is 47.5 Å². The van der Waals surface area contributed by atoms with Crippen LogP contribution in [0.5, 0.6) is 0 Å². The topological polar surface area (TPSA) is 99.1 Å². The summed E-state index contributed by atoms with van der Waals surface area (Å²) in [5.74, 6) is 1.48. The third-order valence-electron chi connectivity index (χ3n) is 6.54. The molecule has 2 aliphatic heterocycles. The number of rotatable bonds is 6. The molecular weight excluding hydrogens is 470 g/mol. The molecule has 2 fully saturated rings. The lowest BCUT2D eigenvalue weighted by Gasteiger charge is -2.35. The smallest absolute Gasteiger partial charge is 0.410 e. The molecule has 1 N–H and O–H groups in total. The molecule has 0 radical (unpaired) electrons. The Labute approximate surface area is 210 Å². The number of halogens is 1. The second-order valence-corrected chi connectivity index (χ2v) is 10.6. The zero-order valence-electron chi connectivity index (χ0n) is 20.6. The number of carbonyl (C=O) groups excluding carboxylic acids is 1. The Kier molecular flexibility index (Phi) is 7.07. The van der Waals surface area contributed by atoms with Crippen LogP contribution in [-0.4, -0.2) is 75.4 Å². The molecule has 1 aromatic carbocycles. The fraction of sp³-hybridized carbons (Fsp3) is 0.520. The average Bonchev–Trinajstić information content (AvgIpc) is 3.42. The number of carbonyl (C=O) groups is 2. The number of aryl methyl sites for hydroxylation is 1. The normalized spacial score (nSPS) is 18.2. The second-order valence-electron chi connectivity index (χ2n) is 10.2. The quantitative estimate of drug-likeness (QED) is 0.614. The third kappa shape index (κ3) is 5.61. The SMILES string of the molecule is Cc1ccc(-c2ncc(CN3CCOC3=O)c(N3CCC(CN(C(=O)O)C(C)(C)C)C3)n2)cc1Cl. The first kappa shape index (κ1) is 25.0. The number of aromatic nitrogens is 2. The van der Waals surface area contributed by atoms with Crippen LogP contribution >= 0.6 is 11.6 Å². The zero-order chi connectivity index (χ0) is 25.3. The van der Waals surface area contributed by atoms with Crippen molar-refractivity contribution in [3.8, 4) is 11.4 Å². The van der Waals surface area contributed by atoms with Crippen LogP contribution in [0, 0.1) is 12.8 Å². The molecule has 0 aliphatic carbocycles. The lowest BCUT2D eigenvalue weighted by atomic mass is 10.0. The molecule has 0 bridgehead atoms. The van der Waals surface area contributed by atoms with Crippen molar-refractivity contribution in [2.45, 2.75) is 46.2 Å². The second kappa shape index (κ2) is 9.89. The van der Waals surface area contributed by atoms with Crippen LogP contribution in [-0.2, 0) is 11.3 Å². The summed E-state index contributed by atoms with van der Waals surface area (Å²) in [7, 11) is 0. The fourth-order valence-electron chi connectivity index (χ4n) is 4.50. The van der Waals surface area contributed by atoms with Crippen LogP contribution in [0.1, 0.15) is 38.3 Å². The first-order chi connectivity index (χ1) is 16.5. The van der Waals surface area contributed by atoms with Gasteiger partial charge in [-0.1, -0.05) is 23.7 Å². The minimum atomic E-state index is -0.912. The van der Waals surface area contributed by atoms with Crippen LogP contribution in [0.3, 0.4) is 0 Å². The summed E-state index contributed by atoms with van der Waals surface area (Å²) >= 11 is 6.34. The predicted octanol–water partition coefficient (Wildman–Crippen LogP) is 4.66. The van der Waals surface area contributed by atoms with E-state index in [9.17, 15) is 14.7 Å². The van der Waals surface area contributed by atoms with Gasteiger partial charge in [0.25, 0.3) is 0 Å². The lowest BCUT2D eigenvalue weighted by molar-refractivity contribution is 0.0908. The van der Waals surface area contributed by atoms with E-state index in [2.05, 4.69) is 9.88 Å². The Morgan fingerprint density at radius 3 is 2.71 bits per heavy atom. The number of anilines is 1. The molecule has 4 rings (SSSR count). The molecule has 35 heavy (non-hydrogen) atoms. The van der Waals surface area contributed by atoms with Gasteiger partial charge in [-0.15, -0.1) is 0 Å². The van der Waals surface area contributed by atoms with E-state index in [-0.39, 0.29) is 12.0 Å². The number of hydrogen-bond acceptors (Lipinski definition) is 6. The van der Waals surface area contributed by atoms with E-state index in [1.54, 1.807) is 11.1 Å². The number of cyclic esters (lactones) is 1. The van der Waals surface area contributed by atoms with E-state index in [4.69, 9.17) is 21.3 Å². The van der Waals surface area contributed by atoms with E-state index < -0.39 is 11.6 Å². The number of hydrogen-bond donors (Lipinski definition) is 1. The molecule has 0 spiro atoms. The molecule has 10 heteroatoms. The first-order valence-corrected chi connectivity index (χ1v) is 12.2. The molecule has 2 aromatic rings. The van der Waals surface area contributed by atoms with Gasteiger partial charge in [-0.05, 0) is 51.7 Å². The molecule has 2 amide bonds. The van der Waals surface area contributed by atoms with Crippen LogP contribution in [0.2, 0.25) is 5.02 Å². The highest BCUT2D eigenvalue weighted by molar-refractivity contribution is 6.31. The van der Waals surface area contributed by atoms with Crippen LogP contribution < -0.4 is 4.90 Å². The maximum atomic E-state index is 12.1. The molecule has 1 unspecified atom stereocenters. The van der Waals surface area contributed by atoms with Crippen molar-refractivity contribution < 1.29 is 19.4 Å². The maximum Gasteiger partial charge on any atom is 0.410 e. The molecule has 3 heterocycles. The van der Waals surface area contributed by atoms with Gasteiger partial charge in [0.2, 0.25) is 0 Å². The van der Waals surface area contributed by atoms with Crippen LogP contribution in [0.4, 0.5) is 15.4 Å². The van der Waals surface area contributed by atoms with Crippen LogP contribution in [0.25, 0.3) is 11.4 Å². The van der Waals surface area contributed by atoms with Crippen molar-refractivity contribution in [3.63, 3.8) is 0 Å². The van der Waals surface area contributed by atoms with Gasteiger partial charge in [0.1, 0.15) is 12.4 Å². The minimum Gasteiger partial charge on any atom is -0.465 e. The van der Waals surface area contributed by atoms with Crippen molar-refractivity contribution in [1.29, 1.82) is 0 Å². The molecule has 1 aromatic heterocycles. The number of amides is 2. The van der Waals surface area contributed by atoms with E-state index in [0.29, 0.717) is 43.6 Å². The molecule has 2 saturated heterocycles. The number of ether oxygens (including phenoxy) is 1. The highest BCUT2D eigenvalue weighted by Crippen LogP contribution is 2.31. The number of benzene rings is 1. The van der Waals surface area contributed by atoms with Gasteiger partial charge in [-0.25, -0.2) is 19.6 Å². The van der Waals surface area contributed by atoms with Crippen molar-refractivity contribution in [2.24, 2.45) is 5.92 Å². The maximum absolute atomic E-state index is 12.1. The molecule has 188 valence electrons. The fourth-order valence-corrected chi connectivity index (χ4v) is 4.68. The third-order valence-corrected chi connectivity index (χ3v) is 6.95. The monoisotopic (exact) mass is 501 g/mol. The Morgan fingerprint density at radius 2 is 2.09 bits per heavy atom. The Morgan fingerprint density at radius 1 is 1.31 bits per heavy atom. The van der Waals surface area contributed by atoms with Gasteiger partial charge < -0.3 is 24.5 Å². The van der Waals surface area contributed by atoms with Gasteiger partial charge in [-0.3, -0.25) is 0 Å². The summed E-state index contributed by atoms with van der Waals surface area (Å²) in [6.07, 6.45) is 1.36. The number of nitrogens with zero attached hydrogens (tertiary/aromatic N) is 5. The summed E-state index contributed by atoms with van der Waals surface area (Å²) < 4.78 is 5.09. The van der Waals surface area contributed by atoms with Gasteiger partial charge in [0.05, 0.1) is 13.1 Å². The average molecular weight is 502 g/mol. The summed E-state index contributed by atoms with van der Waals surface area (Å²) in [6, 6.07) is 5.74. The van der Waals surface area contributed by atoms with Crippen molar-refractivity contribution in [2.75, 3.05) is 37.7 Å². The zero-order valence-corrected chi connectivity index (χ0v) is 21.4. The van der Waals surface area contributed by atoms with E-state index in [1.165, 1.54) is 4.90 Å². The first-order valence-electron chi connectivity index (χ1n) is 11.8. The van der Waals surface area contributed by atoms with Gasteiger partial charge in [0.15, 0.2) is 5.82 Å². The molecule has 2 aliphatic rings. The lowest BCUT2D eigenvalue weighted by Crippen LogP contribution is -2.47.